The Morgan fingerprint density at radius 3 is 2.37 bits per heavy atom. The monoisotopic (exact) mass is 370 g/mol. The molecule has 0 aromatic heterocycles. The Balaban J connectivity index is 1.82. The van der Waals surface area contributed by atoms with Crippen molar-refractivity contribution in [3.8, 4) is 5.75 Å². The third-order valence-electron chi connectivity index (χ3n) is 3.60. The van der Waals surface area contributed by atoms with E-state index in [-0.39, 0.29) is 18.4 Å². The highest BCUT2D eigenvalue weighted by molar-refractivity contribution is 5.94. The fraction of sp³-hybridized carbons (Fsp3) is 0.333. The van der Waals surface area contributed by atoms with Crippen LogP contribution in [0, 0.1) is 0 Å². The van der Waals surface area contributed by atoms with Gasteiger partial charge in [-0.15, -0.1) is 0 Å². The average molecular weight is 370 g/mol. The van der Waals surface area contributed by atoms with Crippen molar-refractivity contribution in [2.75, 3.05) is 30.4 Å². The minimum atomic E-state index is -0.341. The molecule has 0 spiro atoms. The highest BCUT2D eigenvalue weighted by Gasteiger charge is 2.07. The van der Waals surface area contributed by atoms with Gasteiger partial charge in [0, 0.05) is 17.4 Å². The van der Waals surface area contributed by atoms with E-state index in [4.69, 9.17) is 9.47 Å². The molecule has 2 N–H and O–H groups in total. The molecule has 0 unspecified atom stereocenters. The molecule has 0 saturated carbocycles. The molecule has 0 fully saturated rings. The fourth-order valence-corrected chi connectivity index (χ4v) is 2.27. The second-order valence-electron chi connectivity index (χ2n) is 5.99. The lowest BCUT2D eigenvalue weighted by Gasteiger charge is -2.10. The summed E-state index contributed by atoms with van der Waals surface area (Å²) in [6.45, 7) is 5.14. The molecular weight excluding hydrogens is 344 g/mol. The van der Waals surface area contributed by atoms with Gasteiger partial charge >= 0.3 is 5.97 Å². The van der Waals surface area contributed by atoms with Crippen molar-refractivity contribution in [2.45, 2.75) is 26.7 Å². The van der Waals surface area contributed by atoms with Gasteiger partial charge in [0.2, 0.25) is 5.91 Å². The summed E-state index contributed by atoms with van der Waals surface area (Å²) in [5.41, 5.74) is 1.92. The van der Waals surface area contributed by atoms with Crippen molar-refractivity contribution < 1.29 is 19.1 Å². The van der Waals surface area contributed by atoms with Gasteiger partial charge < -0.3 is 20.1 Å². The van der Waals surface area contributed by atoms with Crippen LogP contribution in [0.25, 0.3) is 0 Å². The van der Waals surface area contributed by atoms with Crippen molar-refractivity contribution in [2.24, 2.45) is 0 Å². The van der Waals surface area contributed by atoms with E-state index in [0.717, 1.165) is 24.3 Å². The number of nitrogens with one attached hydrogen (secondary N) is 2. The third-order valence-corrected chi connectivity index (χ3v) is 3.60. The number of carbonyl (C=O) groups excluding carboxylic acids is 2. The molecule has 6 heteroatoms. The molecule has 0 radical (unpaired) electrons. The van der Waals surface area contributed by atoms with E-state index in [0.29, 0.717) is 24.5 Å². The van der Waals surface area contributed by atoms with Crippen LogP contribution in [0.1, 0.15) is 37.0 Å². The Kier molecular flexibility index (Phi) is 8.16. The standard InChI is InChI=1S/C21H26N2O4/c1-3-12-26-19-7-5-6-18(14-19)23-20(24)15-22-17-10-8-16(9-11-17)21(25)27-13-4-2/h5-11,14,22H,3-4,12-13,15H2,1-2H3,(H,23,24). The van der Waals surface area contributed by atoms with Crippen molar-refractivity contribution >= 4 is 23.3 Å². The summed E-state index contributed by atoms with van der Waals surface area (Å²) in [4.78, 5) is 23.9. The minimum Gasteiger partial charge on any atom is -0.494 e. The molecule has 0 aliphatic heterocycles. The normalized spacial score (nSPS) is 10.1. The summed E-state index contributed by atoms with van der Waals surface area (Å²) < 4.78 is 10.6. The zero-order chi connectivity index (χ0) is 19.5. The number of carbonyl (C=O) groups is 2. The van der Waals surface area contributed by atoms with Gasteiger partial charge in [0.25, 0.3) is 0 Å². The highest BCUT2D eigenvalue weighted by atomic mass is 16.5. The van der Waals surface area contributed by atoms with Crippen LogP contribution in [0.15, 0.2) is 48.5 Å². The van der Waals surface area contributed by atoms with Crippen molar-refractivity contribution in [3.63, 3.8) is 0 Å². The van der Waals surface area contributed by atoms with Crippen LogP contribution in [0.3, 0.4) is 0 Å². The van der Waals surface area contributed by atoms with Gasteiger partial charge in [-0.25, -0.2) is 4.79 Å². The summed E-state index contributed by atoms with van der Waals surface area (Å²) in [5.74, 6) is 0.216. The number of benzene rings is 2. The SMILES string of the molecule is CCCOC(=O)c1ccc(NCC(=O)Nc2cccc(OCCC)c2)cc1. The molecule has 0 saturated heterocycles. The van der Waals surface area contributed by atoms with Gasteiger partial charge in [-0.05, 0) is 49.2 Å². The van der Waals surface area contributed by atoms with Crippen molar-refractivity contribution in [1.82, 2.24) is 0 Å². The van der Waals surface area contributed by atoms with E-state index in [1.54, 1.807) is 30.3 Å². The lowest BCUT2D eigenvalue weighted by molar-refractivity contribution is -0.114. The van der Waals surface area contributed by atoms with Crippen molar-refractivity contribution in [3.05, 3.63) is 54.1 Å². The number of hydrogen-bond acceptors (Lipinski definition) is 5. The van der Waals surface area contributed by atoms with Crippen LogP contribution < -0.4 is 15.4 Å². The smallest absolute Gasteiger partial charge is 0.338 e. The van der Waals surface area contributed by atoms with Gasteiger partial charge in [-0.2, -0.15) is 0 Å². The van der Waals surface area contributed by atoms with Gasteiger partial charge in [0.05, 0.1) is 25.3 Å². The van der Waals surface area contributed by atoms with Crippen molar-refractivity contribution in [1.29, 1.82) is 0 Å². The molecule has 2 aromatic carbocycles. The van der Waals surface area contributed by atoms with E-state index in [2.05, 4.69) is 10.6 Å². The zero-order valence-corrected chi connectivity index (χ0v) is 15.8. The molecule has 1 amide bonds. The lowest BCUT2D eigenvalue weighted by atomic mass is 10.2. The first kappa shape index (κ1) is 20.3. The van der Waals surface area contributed by atoms with Crippen LogP contribution in [0.2, 0.25) is 0 Å². The summed E-state index contributed by atoms with van der Waals surface area (Å²) in [6, 6.07) is 14.1. The number of esters is 1. The maximum atomic E-state index is 12.1. The second kappa shape index (κ2) is 10.9. The number of ether oxygens (including phenoxy) is 2. The molecule has 0 aliphatic carbocycles. The van der Waals surface area contributed by atoms with Crippen LogP contribution in [0.4, 0.5) is 11.4 Å². The Morgan fingerprint density at radius 1 is 0.926 bits per heavy atom. The topological polar surface area (TPSA) is 76.7 Å². The number of rotatable bonds is 10. The van der Waals surface area contributed by atoms with Gasteiger partial charge in [-0.1, -0.05) is 19.9 Å². The summed E-state index contributed by atoms with van der Waals surface area (Å²) >= 11 is 0. The zero-order valence-electron chi connectivity index (χ0n) is 15.8. The Hall–Kier alpha value is -3.02. The molecule has 0 bridgehead atoms. The molecule has 0 heterocycles. The molecule has 0 atom stereocenters. The summed E-state index contributed by atoms with van der Waals surface area (Å²) in [7, 11) is 0. The number of amides is 1. The summed E-state index contributed by atoms with van der Waals surface area (Å²) in [5, 5.41) is 5.85. The number of hydrogen-bond donors (Lipinski definition) is 2. The minimum absolute atomic E-state index is 0.111. The van der Waals surface area contributed by atoms with Crippen LogP contribution in [-0.4, -0.2) is 31.6 Å². The molecular formula is C21H26N2O4. The first-order chi connectivity index (χ1) is 13.1. The molecule has 6 nitrogen and oxygen atoms in total. The van der Waals surface area contributed by atoms with Gasteiger partial charge in [0.15, 0.2) is 0 Å². The Morgan fingerprint density at radius 2 is 1.67 bits per heavy atom. The van der Waals surface area contributed by atoms with Crippen LogP contribution in [-0.2, 0) is 9.53 Å². The molecule has 2 rings (SSSR count). The van der Waals surface area contributed by atoms with E-state index in [1.165, 1.54) is 0 Å². The molecule has 27 heavy (non-hydrogen) atoms. The number of anilines is 2. The van der Waals surface area contributed by atoms with E-state index in [1.807, 2.05) is 32.0 Å². The predicted octanol–water partition coefficient (Wildman–Crippen LogP) is 4.09. The molecule has 144 valence electrons. The third kappa shape index (κ3) is 7.01. The Bertz CT molecular complexity index is 744. The average Bonchev–Trinajstić information content (AvgIpc) is 2.69. The fourth-order valence-electron chi connectivity index (χ4n) is 2.27. The Labute approximate surface area is 159 Å². The first-order valence-corrected chi connectivity index (χ1v) is 9.16. The lowest BCUT2D eigenvalue weighted by Crippen LogP contribution is -2.21. The van der Waals surface area contributed by atoms with Crippen LogP contribution in [0.5, 0.6) is 5.75 Å². The maximum absolute atomic E-state index is 12.1. The highest BCUT2D eigenvalue weighted by Crippen LogP contribution is 2.17. The molecule has 0 aliphatic rings. The van der Waals surface area contributed by atoms with Crippen LogP contribution >= 0.6 is 0 Å². The predicted molar refractivity (Wildman–Crippen MR) is 106 cm³/mol. The van der Waals surface area contributed by atoms with Gasteiger partial charge in [-0.3, -0.25) is 4.79 Å². The quantitative estimate of drug-likeness (QED) is 0.616. The van der Waals surface area contributed by atoms with E-state index >= 15 is 0 Å². The molecule has 2 aromatic rings. The maximum Gasteiger partial charge on any atom is 0.338 e. The van der Waals surface area contributed by atoms with E-state index in [9.17, 15) is 9.59 Å². The second-order valence-corrected chi connectivity index (χ2v) is 5.99. The summed E-state index contributed by atoms with van der Waals surface area (Å²) in [6.07, 6.45) is 1.71. The van der Waals surface area contributed by atoms with Gasteiger partial charge in [0.1, 0.15) is 5.75 Å². The first-order valence-electron chi connectivity index (χ1n) is 9.16. The van der Waals surface area contributed by atoms with E-state index < -0.39 is 0 Å². The largest absolute Gasteiger partial charge is 0.494 e.